The zero-order chi connectivity index (χ0) is 25.7. The summed E-state index contributed by atoms with van der Waals surface area (Å²) in [5.41, 5.74) is 7.60. The van der Waals surface area contributed by atoms with E-state index in [9.17, 15) is 26.3 Å². The first-order chi connectivity index (χ1) is 15.7. The molecule has 2 aliphatic rings. The quantitative estimate of drug-likeness (QED) is 0.419. The van der Waals surface area contributed by atoms with Gasteiger partial charge < -0.3 is 21.3 Å². The minimum atomic E-state index is -5.08. The molecule has 8 nitrogen and oxygen atoms in total. The molecule has 4 rings (SSSR count). The predicted molar refractivity (Wildman–Crippen MR) is 112 cm³/mol. The van der Waals surface area contributed by atoms with Crippen LogP contribution >= 0.6 is 11.3 Å². The third-order valence-corrected chi connectivity index (χ3v) is 6.20. The van der Waals surface area contributed by atoms with Gasteiger partial charge in [0, 0.05) is 10.9 Å². The number of anilines is 2. The molecule has 2 aliphatic carbocycles. The lowest BCUT2D eigenvalue weighted by atomic mass is 9.96. The average Bonchev–Trinajstić information content (AvgIpc) is 3.29. The third kappa shape index (κ3) is 7.60. The van der Waals surface area contributed by atoms with Crippen LogP contribution in [-0.4, -0.2) is 50.5 Å². The van der Waals surface area contributed by atoms with Gasteiger partial charge >= 0.3 is 24.3 Å². The van der Waals surface area contributed by atoms with E-state index in [-0.39, 0.29) is 0 Å². The van der Waals surface area contributed by atoms with Crippen molar-refractivity contribution >= 4 is 45.3 Å². The van der Waals surface area contributed by atoms with Crippen LogP contribution in [0.4, 0.5) is 38.1 Å². The zero-order valence-corrected chi connectivity index (χ0v) is 18.4. The fourth-order valence-electron chi connectivity index (χ4n) is 3.52. The standard InChI is InChI=1S/C15H20N4S.2C2HF3O2/c16-13-12-10-7-4-8-11(10)20-14(12)19-15(18-13)17-9-5-2-1-3-6-9;2*3-2(4,5)1(6)7/h9H,1-8H2,(H3,16,17,18,19);2*(H,6,7). The Labute approximate surface area is 193 Å². The lowest BCUT2D eigenvalue weighted by Crippen LogP contribution is -2.23. The second-order valence-electron chi connectivity index (χ2n) is 7.56. The van der Waals surface area contributed by atoms with E-state index >= 15 is 0 Å². The fourth-order valence-corrected chi connectivity index (χ4v) is 4.79. The van der Waals surface area contributed by atoms with E-state index in [0.29, 0.717) is 11.9 Å². The van der Waals surface area contributed by atoms with E-state index in [0.717, 1.165) is 22.6 Å². The number of rotatable bonds is 2. The normalized spacial score (nSPS) is 16.1. The summed E-state index contributed by atoms with van der Waals surface area (Å²) in [6, 6.07) is 0.521. The van der Waals surface area contributed by atoms with Gasteiger partial charge in [-0.25, -0.2) is 14.6 Å². The topological polar surface area (TPSA) is 138 Å². The van der Waals surface area contributed by atoms with E-state index in [1.807, 2.05) is 0 Å². The molecule has 0 bridgehead atoms. The number of hydrogen-bond donors (Lipinski definition) is 4. The summed E-state index contributed by atoms with van der Waals surface area (Å²) in [5.74, 6) is -4.13. The maximum atomic E-state index is 10.6. The molecule has 0 spiro atoms. The number of nitrogens with one attached hydrogen (secondary N) is 1. The van der Waals surface area contributed by atoms with E-state index in [1.165, 1.54) is 55.4 Å². The summed E-state index contributed by atoms with van der Waals surface area (Å²) in [6.45, 7) is 0. The van der Waals surface area contributed by atoms with Crippen LogP contribution in [0.5, 0.6) is 0 Å². The van der Waals surface area contributed by atoms with Gasteiger partial charge in [-0.15, -0.1) is 11.3 Å². The highest BCUT2D eigenvalue weighted by Crippen LogP contribution is 2.39. The Morgan fingerprint density at radius 3 is 1.94 bits per heavy atom. The highest BCUT2D eigenvalue weighted by atomic mass is 32.1. The SMILES string of the molecule is Nc1nc(NC2CCCCC2)nc2sc3c(c12)CCC3.O=C(O)C(F)(F)F.O=C(O)C(F)(F)F. The monoisotopic (exact) mass is 516 g/mol. The molecular formula is C19H22F6N4O4S. The fraction of sp³-hybridized carbons (Fsp3) is 0.579. The molecule has 0 aromatic carbocycles. The maximum Gasteiger partial charge on any atom is 0.490 e. The van der Waals surface area contributed by atoms with Gasteiger partial charge in [-0.05, 0) is 37.7 Å². The molecule has 190 valence electrons. The molecule has 0 atom stereocenters. The number of aliphatic carboxylic acids is 2. The van der Waals surface area contributed by atoms with Crippen LogP contribution in [0.1, 0.15) is 49.0 Å². The molecule has 0 unspecified atom stereocenters. The lowest BCUT2D eigenvalue weighted by Gasteiger charge is -2.22. The molecule has 34 heavy (non-hydrogen) atoms. The minimum Gasteiger partial charge on any atom is -0.475 e. The highest BCUT2D eigenvalue weighted by molar-refractivity contribution is 7.19. The second kappa shape index (κ2) is 11.1. The zero-order valence-electron chi connectivity index (χ0n) is 17.6. The molecule has 0 aliphatic heterocycles. The molecule has 2 aromatic rings. The van der Waals surface area contributed by atoms with Crippen LogP contribution in [-0.2, 0) is 22.4 Å². The van der Waals surface area contributed by atoms with Crippen molar-refractivity contribution in [2.45, 2.75) is 69.8 Å². The number of nitrogens with zero attached hydrogens (tertiary/aromatic N) is 2. The number of alkyl halides is 6. The number of thiophene rings is 1. The van der Waals surface area contributed by atoms with Crippen LogP contribution in [0, 0.1) is 0 Å². The summed E-state index contributed by atoms with van der Waals surface area (Å²) in [7, 11) is 0. The molecule has 0 radical (unpaired) electrons. The van der Waals surface area contributed by atoms with Crippen molar-refractivity contribution in [3.63, 3.8) is 0 Å². The molecule has 0 saturated heterocycles. The van der Waals surface area contributed by atoms with Crippen LogP contribution in [0.2, 0.25) is 0 Å². The molecule has 0 amide bonds. The molecule has 2 aromatic heterocycles. The number of carboxylic acid groups (broad SMARTS) is 2. The first kappa shape index (κ1) is 27.4. The first-order valence-corrected chi connectivity index (χ1v) is 11.0. The summed E-state index contributed by atoms with van der Waals surface area (Å²) < 4.78 is 63.5. The van der Waals surface area contributed by atoms with Gasteiger partial charge in [-0.2, -0.15) is 31.3 Å². The van der Waals surface area contributed by atoms with Gasteiger partial charge in [0.15, 0.2) is 0 Å². The molecule has 1 saturated carbocycles. The number of aryl methyl sites for hydroxylation is 2. The van der Waals surface area contributed by atoms with E-state index in [2.05, 4.69) is 10.3 Å². The van der Waals surface area contributed by atoms with Crippen molar-refractivity contribution in [2.75, 3.05) is 11.1 Å². The van der Waals surface area contributed by atoms with Crippen LogP contribution in [0.25, 0.3) is 10.2 Å². The number of aromatic nitrogens is 2. The molecule has 1 fully saturated rings. The van der Waals surface area contributed by atoms with Crippen molar-refractivity contribution in [3.05, 3.63) is 10.4 Å². The summed E-state index contributed by atoms with van der Waals surface area (Å²) in [4.78, 5) is 29.5. The predicted octanol–water partition coefficient (Wildman–Crippen LogP) is 4.77. The van der Waals surface area contributed by atoms with Gasteiger partial charge in [0.1, 0.15) is 10.6 Å². The van der Waals surface area contributed by atoms with Crippen molar-refractivity contribution in [1.29, 1.82) is 0 Å². The van der Waals surface area contributed by atoms with Crippen molar-refractivity contribution in [1.82, 2.24) is 9.97 Å². The minimum absolute atomic E-state index is 0.521. The number of nitrogens with two attached hydrogens (primary N) is 1. The number of hydrogen-bond acceptors (Lipinski definition) is 7. The Kier molecular flexibility index (Phi) is 8.91. The summed E-state index contributed by atoms with van der Waals surface area (Å²) in [5, 5.41) is 18.9. The van der Waals surface area contributed by atoms with Gasteiger partial charge in [-0.1, -0.05) is 19.3 Å². The number of fused-ring (bicyclic) bond motifs is 3. The lowest BCUT2D eigenvalue weighted by molar-refractivity contribution is -0.193. The molecule has 2 heterocycles. The summed E-state index contributed by atoms with van der Waals surface area (Å²) >= 11 is 1.81. The molecule has 15 heteroatoms. The Bertz CT molecular complexity index is 995. The van der Waals surface area contributed by atoms with Gasteiger partial charge in [-0.3, -0.25) is 0 Å². The maximum absolute atomic E-state index is 10.6. The van der Waals surface area contributed by atoms with Crippen molar-refractivity contribution < 1.29 is 46.1 Å². The Balaban J connectivity index is 0.000000244. The molecular weight excluding hydrogens is 494 g/mol. The first-order valence-electron chi connectivity index (χ1n) is 10.1. The average molecular weight is 516 g/mol. The third-order valence-electron chi connectivity index (χ3n) is 5.02. The number of halogens is 6. The van der Waals surface area contributed by atoms with E-state index < -0.39 is 24.3 Å². The smallest absolute Gasteiger partial charge is 0.475 e. The van der Waals surface area contributed by atoms with Gasteiger partial charge in [0.05, 0.1) is 5.39 Å². The van der Waals surface area contributed by atoms with Crippen LogP contribution in [0.15, 0.2) is 0 Å². The molecule has 5 N–H and O–H groups in total. The highest BCUT2D eigenvalue weighted by Gasteiger charge is 2.38. The van der Waals surface area contributed by atoms with Crippen LogP contribution < -0.4 is 11.1 Å². The summed E-state index contributed by atoms with van der Waals surface area (Å²) in [6.07, 6.45) is -0.175. The largest absolute Gasteiger partial charge is 0.490 e. The van der Waals surface area contributed by atoms with Gasteiger partial charge in [0.2, 0.25) is 5.95 Å². The second-order valence-corrected chi connectivity index (χ2v) is 8.64. The van der Waals surface area contributed by atoms with Crippen molar-refractivity contribution in [3.8, 4) is 0 Å². The van der Waals surface area contributed by atoms with E-state index in [1.54, 1.807) is 11.3 Å². The van der Waals surface area contributed by atoms with E-state index in [4.69, 9.17) is 30.5 Å². The number of carboxylic acids is 2. The number of nitrogen functional groups attached to an aromatic ring is 1. The van der Waals surface area contributed by atoms with Crippen LogP contribution in [0.3, 0.4) is 0 Å². The Morgan fingerprint density at radius 1 is 0.912 bits per heavy atom. The van der Waals surface area contributed by atoms with Gasteiger partial charge in [0.25, 0.3) is 0 Å². The number of carbonyl (C=O) groups is 2. The Morgan fingerprint density at radius 2 is 1.44 bits per heavy atom. The van der Waals surface area contributed by atoms with Crippen molar-refractivity contribution in [2.24, 2.45) is 0 Å². The Hall–Kier alpha value is -2.84.